The molecule has 0 spiro atoms. The molecule has 0 bridgehead atoms. The number of hydrogen-bond donors (Lipinski definition) is 1. The summed E-state index contributed by atoms with van der Waals surface area (Å²) in [6.45, 7) is 8.00. The highest BCUT2D eigenvalue weighted by molar-refractivity contribution is 7.81. The standard InChI is InChI=1S/C4H8S.2C2H6/c5-4-2-1-3-4;2*1-2/h4-5H,1-3H2;2*1-2H3. The molecule has 0 amide bonds. The Morgan fingerprint density at radius 2 is 1.22 bits per heavy atom. The molecule has 1 saturated carbocycles. The van der Waals surface area contributed by atoms with Crippen molar-refractivity contribution in [3.8, 4) is 0 Å². The maximum absolute atomic E-state index is 4.18. The van der Waals surface area contributed by atoms with Crippen molar-refractivity contribution in [3.05, 3.63) is 0 Å². The predicted octanol–water partition coefficient (Wildman–Crippen LogP) is 3.52. The molecule has 1 aliphatic carbocycles. The van der Waals surface area contributed by atoms with E-state index >= 15 is 0 Å². The van der Waals surface area contributed by atoms with Gasteiger partial charge in [0, 0.05) is 5.25 Å². The molecule has 0 atom stereocenters. The minimum atomic E-state index is 0.759. The van der Waals surface area contributed by atoms with E-state index in [4.69, 9.17) is 0 Å². The lowest BCUT2D eigenvalue weighted by Crippen LogP contribution is -2.08. The van der Waals surface area contributed by atoms with Crippen molar-refractivity contribution in [1.82, 2.24) is 0 Å². The lowest BCUT2D eigenvalue weighted by Gasteiger charge is -2.17. The molecule has 0 N–H and O–H groups in total. The average molecular weight is 148 g/mol. The van der Waals surface area contributed by atoms with Crippen LogP contribution in [-0.4, -0.2) is 5.25 Å². The topological polar surface area (TPSA) is 0 Å². The maximum atomic E-state index is 4.18. The molecule has 58 valence electrons. The van der Waals surface area contributed by atoms with Gasteiger partial charge in [0.05, 0.1) is 0 Å². The number of hydrogen-bond acceptors (Lipinski definition) is 1. The first-order chi connectivity index (χ1) is 4.39. The van der Waals surface area contributed by atoms with Crippen LogP contribution in [0.15, 0.2) is 0 Å². The molecule has 1 heteroatoms. The van der Waals surface area contributed by atoms with E-state index in [0.29, 0.717) is 0 Å². The number of rotatable bonds is 0. The van der Waals surface area contributed by atoms with Crippen molar-refractivity contribution in [2.24, 2.45) is 0 Å². The predicted molar refractivity (Wildman–Crippen MR) is 49.3 cm³/mol. The van der Waals surface area contributed by atoms with Crippen LogP contribution in [0, 0.1) is 0 Å². The first kappa shape index (κ1) is 12.1. The second-order valence-corrected chi connectivity index (χ2v) is 2.32. The molecule has 0 saturated heterocycles. The highest BCUT2D eigenvalue weighted by Crippen LogP contribution is 2.22. The molecule has 0 radical (unpaired) electrons. The molecule has 0 aromatic rings. The van der Waals surface area contributed by atoms with E-state index in [-0.39, 0.29) is 0 Å². The SMILES string of the molecule is CC.CC.SC1CCC1. The van der Waals surface area contributed by atoms with Gasteiger partial charge in [-0.3, -0.25) is 0 Å². The van der Waals surface area contributed by atoms with Gasteiger partial charge in [-0.25, -0.2) is 0 Å². The summed E-state index contributed by atoms with van der Waals surface area (Å²) in [4.78, 5) is 0. The van der Waals surface area contributed by atoms with Crippen LogP contribution in [0.5, 0.6) is 0 Å². The van der Waals surface area contributed by atoms with Gasteiger partial charge in [0.15, 0.2) is 0 Å². The van der Waals surface area contributed by atoms with Crippen LogP contribution in [0.3, 0.4) is 0 Å². The molecule has 0 nitrogen and oxygen atoms in total. The van der Waals surface area contributed by atoms with Crippen molar-refractivity contribution < 1.29 is 0 Å². The van der Waals surface area contributed by atoms with Gasteiger partial charge in [0.1, 0.15) is 0 Å². The van der Waals surface area contributed by atoms with Gasteiger partial charge in [-0.05, 0) is 12.8 Å². The van der Waals surface area contributed by atoms with Crippen LogP contribution in [0.25, 0.3) is 0 Å². The van der Waals surface area contributed by atoms with Gasteiger partial charge in [-0.2, -0.15) is 12.6 Å². The van der Waals surface area contributed by atoms with Crippen LogP contribution in [-0.2, 0) is 0 Å². The van der Waals surface area contributed by atoms with Gasteiger partial charge in [0.25, 0.3) is 0 Å². The molecule has 0 heterocycles. The minimum Gasteiger partial charge on any atom is -0.176 e. The zero-order chi connectivity index (χ0) is 7.70. The van der Waals surface area contributed by atoms with Crippen LogP contribution >= 0.6 is 12.6 Å². The Morgan fingerprint density at radius 3 is 1.22 bits per heavy atom. The fourth-order valence-corrected chi connectivity index (χ4v) is 0.752. The quantitative estimate of drug-likeness (QED) is 0.499. The molecule has 0 aliphatic heterocycles. The Morgan fingerprint density at radius 1 is 1.00 bits per heavy atom. The minimum absolute atomic E-state index is 0.759. The van der Waals surface area contributed by atoms with Crippen LogP contribution in [0.4, 0.5) is 0 Å². The summed E-state index contributed by atoms with van der Waals surface area (Å²) in [5, 5.41) is 0.759. The summed E-state index contributed by atoms with van der Waals surface area (Å²) in [6.07, 6.45) is 4.11. The van der Waals surface area contributed by atoms with E-state index in [2.05, 4.69) is 12.6 Å². The third-order valence-corrected chi connectivity index (χ3v) is 1.59. The normalized spacial score (nSPS) is 15.7. The molecule has 9 heavy (non-hydrogen) atoms. The van der Waals surface area contributed by atoms with Crippen LogP contribution in [0.2, 0.25) is 0 Å². The zero-order valence-corrected chi connectivity index (χ0v) is 8.04. The van der Waals surface area contributed by atoms with Crippen molar-refractivity contribution in [2.75, 3.05) is 0 Å². The smallest absolute Gasteiger partial charge is 0.00168 e. The fourth-order valence-electron chi connectivity index (χ4n) is 0.387. The van der Waals surface area contributed by atoms with Gasteiger partial charge in [-0.1, -0.05) is 34.1 Å². The highest BCUT2D eigenvalue weighted by atomic mass is 32.1. The molecule has 1 fully saturated rings. The summed E-state index contributed by atoms with van der Waals surface area (Å²) < 4.78 is 0. The van der Waals surface area contributed by atoms with Gasteiger partial charge in [0.2, 0.25) is 0 Å². The Labute approximate surface area is 65.5 Å². The third-order valence-electron chi connectivity index (χ3n) is 1.07. The second-order valence-electron chi connectivity index (χ2n) is 1.58. The van der Waals surface area contributed by atoms with Crippen molar-refractivity contribution in [1.29, 1.82) is 0 Å². The Balaban J connectivity index is 0. The summed E-state index contributed by atoms with van der Waals surface area (Å²) in [7, 11) is 0. The first-order valence-electron chi connectivity index (χ1n) is 4.07. The van der Waals surface area contributed by atoms with E-state index in [1.165, 1.54) is 19.3 Å². The summed E-state index contributed by atoms with van der Waals surface area (Å²) >= 11 is 4.18. The average Bonchev–Trinajstić information content (AvgIpc) is 1.93. The van der Waals surface area contributed by atoms with E-state index in [1.807, 2.05) is 27.7 Å². The Kier molecular flexibility index (Phi) is 15.0. The summed E-state index contributed by atoms with van der Waals surface area (Å²) in [5.41, 5.74) is 0. The van der Waals surface area contributed by atoms with E-state index in [1.54, 1.807) is 0 Å². The van der Waals surface area contributed by atoms with Gasteiger partial charge < -0.3 is 0 Å². The lowest BCUT2D eigenvalue weighted by atomic mass is 10.0. The maximum Gasteiger partial charge on any atom is 0.00168 e. The van der Waals surface area contributed by atoms with E-state index in [9.17, 15) is 0 Å². The monoisotopic (exact) mass is 148 g/mol. The van der Waals surface area contributed by atoms with E-state index < -0.39 is 0 Å². The van der Waals surface area contributed by atoms with Crippen LogP contribution in [0.1, 0.15) is 47.0 Å². The van der Waals surface area contributed by atoms with Gasteiger partial charge >= 0.3 is 0 Å². The van der Waals surface area contributed by atoms with Crippen molar-refractivity contribution in [3.63, 3.8) is 0 Å². The van der Waals surface area contributed by atoms with Crippen molar-refractivity contribution >= 4 is 12.6 Å². The molecule has 0 aromatic carbocycles. The van der Waals surface area contributed by atoms with Gasteiger partial charge in [-0.15, -0.1) is 0 Å². The summed E-state index contributed by atoms with van der Waals surface area (Å²) in [6, 6.07) is 0. The molecular weight excluding hydrogens is 128 g/mol. The molecular formula is C8H20S. The molecule has 1 rings (SSSR count). The first-order valence-corrected chi connectivity index (χ1v) is 4.59. The largest absolute Gasteiger partial charge is 0.176 e. The second kappa shape index (κ2) is 11.2. The number of thiol groups is 1. The Bertz CT molecular complexity index is 31.5. The fraction of sp³-hybridized carbons (Fsp3) is 1.00. The van der Waals surface area contributed by atoms with Crippen LogP contribution < -0.4 is 0 Å². The lowest BCUT2D eigenvalue weighted by molar-refractivity contribution is 0.525. The van der Waals surface area contributed by atoms with E-state index in [0.717, 1.165) is 5.25 Å². The Hall–Kier alpha value is 0.350. The van der Waals surface area contributed by atoms with Crippen molar-refractivity contribution in [2.45, 2.75) is 52.2 Å². The molecule has 1 aliphatic rings. The third kappa shape index (κ3) is 8.35. The highest BCUT2D eigenvalue weighted by Gasteiger charge is 2.10. The molecule has 0 aromatic heterocycles. The molecule has 0 unspecified atom stereocenters. The zero-order valence-electron chi connectivity index (χ0n) is 7.15. The summed E-state index contributed by atoms with van der Waals surface area (Å²) in [5.74, 6) is 0.